The lowest BCUT2D eigenvalue weighted by molar-refractivity contribution is -0.122. The van der Waals surface area contributed by atoms with Gasteiger partial charge in [0.25, 0.3) is 0 Å². The van der Waals surface area contributed by atoms with Crippen LogP contribution < -0.4 is 5.32 Å². The molecule has 3 aromatic rings. The van der Waals surface area contributed by atoms with Crippen molar-refractivity contribution in [3.63, 3.8) is 0 Å². The van der Waals surface area contributed by atoms with Gasteiger partial charge in [-0.2, -0.15) is 0 Å². The van der Waals surface area contributed by atoms with Crippen molar-refractivity contribution < 1.29 is 9.21 Å². The van der Waals surface area contributed by atoms with E-state index in [0.717, 1.165) is 29.9 Å². The molecular weight excluding hydrogens is 318 g/mol. The van der Waals surface area contributed by atoms with Crippen molar-refractivity contribution in [1.29, 1.82) is 0 Å². The number of aromatic nitrogens is 3. The number of carbonyl (C=O) groups is 1. The van der Waals surface area contributed by atoms with Gasteiger partial charge in [-0.05, 0) is 37.4 Å². The molecule has 1 aromatic carbocycles. The van der Waals surface area contributed by atoms with Gasteiger partial charge in [-0.1, -0.05) is 31.2 Å². The number of nitrogens with one attached hydrogen (secondary N) is 1. The second-order valence-electron chi connectivity index (χ2n) is 5.79. The Hall–Kier alpha value is -2.67. The van der Waals surface area contributed by atoms with Crippen molar-refractivity contribution in [1.82, 2.24) is 25.2 Å². The summed E-state index contributed by atoms with van der Waals surface area (Å²) in [7, 11) is 0. The number of furan rings is 1. The number of rotatable bonds is 8. The van der Waals surface area contributed by atoms with E-state index >= 15 is 0 Å². The minimum atomic E-state index is -0.0978. The number of nitrogens with zero attached hydrogens (tertiary/aromatic N) is 4. The zero-order chi connectivity index (χ0) is 17.6. The molecule has 1 N–H and O–H groups in total. The first-order valence-electron chi connectivity index (χ1n) is 8.55. The SMILES string of the molecule is CCN(CC)[C@@H](CNC(=O)Cn1nnc2ccccc21)c1ccco1. The third-order valence-electron chi connectivity index (χ3n) is 4.33. The van der Waals surface area contributed by atoms with Crippen LogP contribution in [0.15, 0.2) is 47.1 Å². The topological polar surface area (TPSA) is 76.2 Å². The fraction of sp³-hybridized carbons (Fsp3) is 0.389. The van der Waals surface area contributed by atoms with E-state index in [1.54, 1.807) is 10.9 Å². The van der Waals surface area contributed by atoms with Crippen LogP contribution in [0.25, 0.3) is 11.0 Å². The zero-order valence-corrected chi connectivity index (χ0v) is 14.6. The maximum absolute atomic E-state index is 12.4. The van der Waals surface area contributed by atoms with Crippen LogP contribution in [0.2, 0.25) is 0 Å². The summed E-state index contributed by atoms with van der Waals surface area (Å²) in [5.41, 5.74) is 1.64. The van der Waals surface area contributed by atoms with Gasteiger partial charge in [0.1, 0.15) is 17.8 Å². The standard InChI is InChI=1S/C18H23N5O2/c1-3-22(4-2)16(17-10-7-11-25-17)12-19-18(24)13-23-15-9-6-5-8-14(15)20-21-23/h5-11,16H,3-4,12-13H2,1-2H3,(H,19,24)/t16-/m0/s1. The molecule has 0 bridgehead atoms. The van der Waals surface area contributed by atoms with E-state index in [1.165, 1.54) is 0 Å². The molecule has 25 heavy (non-hydrogen) atoms. The molecule has 0 aliphatic heterocycles. The highest BCUT2D eigenvalue weighted by atomic mass is 16.3. The highest BCUT2D eigenvalue weighted by Gasteiger charge is 2.21. The third-order valence-corrected chi connectivity index (χ3v) is 4.33. The van der Waals surface area contributed by atoms with Crippen LogP contribution in [0.4, 0.5) is 0 Å². The molecule has 3 rings (SSSR count). The second kappa shape index (κ2) is 7.94. The van der Waals surface area contributed by atoms with Crippen molar-refractivity contribution >= 4 is 16.9 Å². The lowest BCUT2D eigenvalue weighted by Crippen LogP contribution is -2.39. The molecule has 2 heterocycles. The summed E-state index contributed by atoms with van der Waals surface area (Å²) in [6.45, 7) is 6.59. The number of fused-ring (bicyclic) bond motifs is 1. The Morgan fingerprint density at radius 2 is 2.04 bits per heavy atom. The molecule has 7 nitrogen and oxygen atoms in total. The zero-order valence-electron chi connectivity index (χ0n) is 14.6. The van der Waals surface area contributed by atoms with Crippen LogP contribution in [0.3, 0.4) is 0 Å². The highest BCUT2D eigenvalue weighted by molar-refractivity contribution is 5.79. The summed E-state index contributed by atoms with van der Waals surface area (Å²) in [6, 6.07) is 11.4. The van der Waals surface area contributed by atoms with E-state index in [2.05, 4.69) is 34.4 Å². The molecule has 0 spiro atoms. The molecule has 0 radical (unpaired) electrons. The highest BCUT2D eigenvalue weighted by Crippen LogP contribution is 2.20. The number of hydrogen-bond acceptors (Lipinski definition) is 5. The van der Waals surface area contributed by atoms with Crippen molar-refractivity contribution in [3.05, 3.63) is 48.4 Å². The van der Waals surface area contributed by atoms with E-state index in [9.17, 15) is 4.79 Å². The van der Waals surface area contributed by atoms with Gasteiger partial charge >= 0.3 is 0 Å². The van der Waals surface area contributed by atoms with Gasteiger partial charge in [0, 0.05) is 6.54 Å². The van der Waals surface area contributed by atoms with E-state index in [1.807, 2.05) is 36.4 Å². The summed E-state index contributed by atoms with van der Waals surface area (Å²) in [6.07, 6.45) is 1.66. The average Bonchev–Trinajstić information content (AvgIpc) is 3.29. The number of benzene rings is 1. The largest absolute Gasteiger partial charge is 0.468 e. The van der Waals surface area contributed by atoms with Gasteiger partial charge in [-0.15, -0.1) is 5.10 Å². The monoisotopic (exact) mass is 341 g/mol. The molecule has 0 aliphatic carbocycles. The molecule has 1 amide bonds. The van der Waals surface area contributed by atoms with E-state index < -0.39 is 0 Å². The van der Waals surface area contributed by atoms with Gasteiger partial charge in [0.15, 0.2) is 0 Å². The quantitative estimate of drug-likeness (QED) is 0.680. The molecule has 0 unspecified atom stereocenters. The van der Waals surface area contributed by atoms with Gasteiger partial charge < -0.3 is 9.73 Å². The predicted octanol–water partition coefficient (Wildman–Crippen LogP) is 2.22. The molecule has 0 saturated carbocycles. The van der Waals surface area contributed by atoms with Crippen LogP contribution >= 0.6 is 0 Å². The molecule has 7 heteroatoms. The molecular formula is C18H23N5O2. The molecule has 0 fully saturated rings. The van der Waals surface area contributed by atoms with Crippen LogP contribution in [-0.4, -0.2) is 45.4 Å². The first kappa shape index (κ1) is 17.2. The van der Waals surface area contributed by atoms with Crippen molar-refractivity contribution in [2.24, 2.45) is 0 Å². The minimum absolute atomic E-state index is 0.0152. The summed E-state index contributed by atoms with van der Waals surface area (Å²) in [5, 5.41) is 11.1. The van der Waals surface area contributed by atoms with Crippen molar-refractivity contribution in [3.8, 4) is 0 Å². The Balaban J connectivity index is 1.65. The van der Waals surface area contributed by atoms with Crippen LogP contribution in [0, 0.1) is 0 Å². The first-order chi connectivity index (χ1) is 12.2. The molecule has 0 saturated heterocycles. The molecule has 2 aromatic heterocycles. The second-order valence-corrected chi connectivity index (χ2v) is 5.79. The lowest BCUT2D eigenvalue weighted by Gasteiger charge is -2.28. The first-order valence-corrected chi connectivity index (χ1v) is 8.55. The average molecular weight is 341 g/mol. The minimum Gasteiger partial charge on any atom is -0.468 e. The summed E-state index contributed by atoms with van der Waals surface area (Å²) in [5.74, 6) is 0.759. The fourth-order valence-electron chi connectivity index (χ4n) is 2.99. The number of amides is 1. The maximum atomic E-state index is 12.4. The van der Waals surface area contributed by atoms with Crippen LogP contribution in [-0.2, 0) is 11.3 Å². The summed E-state index contributed by atoms with van der Waals surface area (Å²) >= 11 is 0. The Morgan fingerprint density at radius 1 is 1.24 bits per heavy atom. The normalized spacial score (nSPS) is 12.6. The maximum Gasteiger partial charge on any atom is 0.241 e. The Kier molecular flexibility index (Phi) is 5.45. The van der Waals surface area contributed by atoms with E-state index in [4.69, 9.17) is 4.42 Å². The molecule has 132 valence electrons. The van der Waals surface area contributed by atoms with Gasteiger partial charge in [0.05, 0.1) is 17.8 Å². The third kappa shape index (κ3) is 3.88. The van der Waals surface area contributed by atoms with Crippen molar-refractivity contribution in [2.75, 3.05) is 19.6 Å². The predicted molar refractivity (Wildman–Crippen MR) is 94.9 cm³/mol. The van der Waals surface area contributed by atoms with Crippen LogP contribution in [0.5, 0.6) is 0 Å². The summed E-state index contributed by atoms with van der Waals surface area (Å²) < 4.78 is 7.17. The van der Waals surface area contributed by atoms with E-state index in [-0.39, 0.29) is 18.5 Å². The summed E-state index contributed by atoms with van der Waals surface area (Å²) in [4.78, 5) is 14.6. The van der Waals surface area contributed by atoms with Crippen LogP contribution in [0.1, 0.15) is 25.6 Å². The van der Waals surface area contributed by atoms with Gasteiger partial charge in [0.2, 0.25) is 5.91 Å². The Labute approximate surface area is 146 Å². The smallest absolute Gasteiger partial charge is 0.241 e. The Morgan fingerprint density at radius 3 is 2.76 bits per heavy atom. The molecule has 1 atom stereocenters. The Bertz CT molecular complexity index is 808. The van der Waals surface area contributed by atoms with Gasteiger partial charge in [-0.25, -0.2) is 4.68 Å². The number of hydrogen-bond donors (Lipinski definition) is 1. The number of para-hydroxylation sites is 1. The van der Waals surface area contributed by atoms with Crippen molar-refractivity contribution in [2.45, 2.75) is 26.4 Å². The fourth-order valence-corrected chi connectivity index (χ4v) is 2.99. The lowest BCUT2D eigenvalue weighted by atomic mass is 10.2. The number of likely N-dealkylation sites (N-methyl/N-ethyl adjacent to an activating group) is 1. The molecule has 0 aliphatic rings. The number of carbonyl (C=O) groups excluding carboxylic acids is 1. The van der Waals surface area contributed by atoms with Gasteiger partial charge in [-0.3, -0.25) is 9.69 Å². The van der Waals surface area contributed by atoms with E-state index in [0.29, 0.717) is 6.54 Å².